The number of esters is 1. The van der Waals surface area contributed by atoms with Gasteiger partial charge in [-0.1, -0.05) is 0 Å². The van der Waals surface area contributed by atoms with Crippen LogP contribution < -0.4 is 21.5 Å². The third kappa shape index (κ3) is 4.63. The normalized spacial score (nSPS) is 14.6. The molecule has 11 heteroatoms. The van der Waals surface area contributed by atoms with E-state index in [0.717, 1.165) is 16.3 Å². The molecule has 1 aromatic heterocycles. The molecule has 0 radical (unpaired) electrons. The number of hydrogen-bond acceptors (Lipinski definition) is 7. The molecule has 0 spiro atoms. The van der Waals surface area contributed by atoms with Crippen molar-refractivity contribution in [1.82, 2.24) is 5.43 Å². The largest absolute Gasteiger partial charge is 0.449 e. The zero-order chi connectivity index (χ0) is 21.8. The zero-order valence-electron chi connectivity index (χ0n) is 15.8. The van der Waals surface area contributed by atoms with Crippen molar-refractivity contribution in [3.63, 3.8) is 0 Å². The highest BCUT2D eigenvalue weighted by molar-refractivity contribution is 7.14. The van der Waals surface area contributed by atoms with E-state index in [2.05, 4.69) is 10.7 Å². The molecule has 0 aliphatic carbocycles. The standard InChI is InChI=1S/C19H18N4O6S/c1-10(17(27)21-18-13(16(20)26)8-9-30-18)29-19(28)11-2-4-12(5-3-11)23-15(25)7-6-14(24)22-23/h2-5,8-10H,6-7H2,1H3,(H2,20,26)(H,21,27)(H,22,24). The third-order valence-corrected chi connectivity index (χ3v) is 5.06. The van der Waals surface area contributed by atoms with Crippen LogP contribution in [0.15, 0.2) is 35.7 Å². The summed E-state index contributed by atoms with van der Waals surface area (Å²) in [5, 5.41) is 5.50. The fraction of sp³-hybridized carbons (Fsp3) is 0.211. The highest BCUT2D eigenvalue weighted by Crippen LogP contribution is 2.23. The van der Waals surface area contributed by atoms with Gasteiger partial charge in [-0.2, -0.15) is 0 Å². The number of nitrogens with zero attached hydrogens (tertiary/aromatic N) is 1. The highest BCUT2D eigenvalue weighted by atomic mass is 32.1. The van der Waals surface area contributed by atoms with Gasteiger partial charge in [0.2, 0.25) is 11.8 Å². The minimum absolute atomic E-state index is 0.101. The summed E-state index contributed by atoms with van der Waals surface area (Å²) in [4.78, 5) is 59.3. The molecule has 1 fully saturated rings. The molecule has 0 saturated carbocycles. The van der Waals surface area contributed by atoms with Gasteiger partial charge in [0, 0.05) is 12.8 Å². The Morgan fingerprint density at radius 3 is 2.53 bits per heavy atom. The van der Waals surface area contributed by atoms with Gasteiger partial charge in [0.25, 0.3) is 11.8 Å². The van der Waals surface area contributed by atoms with Gasteiger partial charge in [-0.15, -0.1) is 11.3 Å². The Kier molecular flexibility index (Phi) is 6.11. The number of primary amides is 1. The molecule has 1 aromatic carbocycles. The van der Waals surface area contributed by atoms with Crippen LogP contribution in [0.2, 0.25) is 0 Å². The SMILES string of the molecule is CC(OC(=O)c1ccc(N2NC(=O)CCC2=O)cc1)C(=O)Nc1sccc1C(N)=O. The van der Waals surface area contributed by atoms with E-state index in [4.69, 9.17) is 10.5 Å². The molecule has 1 saturated heterocycles. The molecule has 1 aliphatic heterocycles. The lowest BCUT2D eigenvalue weighted by atomic mass is 10.1. The number of ether oxygens (including phenoxy) is 1. The number of benzene rings is 1. The Morgan fingerprint density at radius 1 is 1.17 bits per heavy atom. The van der Waals surface area contributed by atoms with Gasteiger partial charge in [-0.3, -0.25) is 24.6 Å². The van der Waals surface area contributed by atoms with Crippen molar-refractivity contribution in [3.05, 3.63) is 46.8 Å². The third-order valence-electron chi connectivity index (χ3n) is 4.23. The van der Waals surface area contributed by atoms with Crippen LogP contribution in [-0.4, -0.2) is 35.7 Å². The van der Waals surface area contributed by atoms with Gasteiger partial charge in [0.05, 0.1) is 16.8 Å². The molecule has 1 unspecified atom stereocenters. The van der Waals surface area contributed by atoms with E-state index in [1.54, 1.807) is 5.38 Å². The number of thiophene rings is 1. The first-order valence-electron chi connectivity index (χ1n) is 8.88. The summed E-state index contributed by atoms with van der Waals surface area (Å²) in [5.74, 6) is -2.59. The van der Waals surface area contributed by atoms with Crippen molar-refractivity contribution >= 4 is 51.6 Å². The molecule has 30 heavy (non-hydrogen) atoms. The van der Waals surface area contributed by atoms with Crippen molar-refractivity contribution < 1.29 is 28.7 Å². The smallest absolute Gasteiger partial charge is 0.338 e. The molecule has 1 atom stereocenters. The number of carbonyl (C=O) groups excluding carboxylic acids is 5. The first-order chi connectivity index (χ1) is 14.3. The van der Waals surface area contributed by atoms with E-state index in [1.165, 1.54) is 37.3 Å². The average Bonchev–Trinajstić information content (AvgIpc) is 3.18. The van der Waals surface area contributed by atoms with E-state index >= 15 is 0 Å². The summed E-state index contributed by atoms with van der Waals surface area (Å²) < 4.78 is 5.16. The van der Waals surface area contributed by atoms with E-state index in [-0.39, 0.29) is 40.8 Å². The second-order valence-electron chi connectivity index (χ2n) is 6.38. The monoisotopic (exact) mass is 430 g/mol. The van der Waals surface area contributed by atoms with Crippen molar-refractivity contribution in [3.8, 4) is 0 Å². The predicted octanol–water partition coefficient (Wildman–Crippen LogP) is 1.19. The predicted molar refractivity (Wildman–Crippen MR) is 108 cm³/mol. The number of amides is 4. The van der Waals surface area contributed by atoms with Crippen LogP contribution in [0.25, 0.3) is 0 Å². The van der Waals surface area contributed by atoms with Crippen LogP contribution in [0.5, 0.6) is 0 Å². The summed E-state index contributed by atoms with van der Waals surface area (Å²) in [5.41, 5.74) is 8.41. The van der Waals surface area contributed by atoms with Crippen LogP contribution in [0.4, 0.5) is 10.7 Å². The van der Waals surface area contributed by atoms with Crippen LogP contribution in [0.1, 0.15) is 40.5 Å². The Hall–Kier alpha value is -3.73. The van der Waals surface area contributed by atoms with Crippen molar-refractivity contribution in [2.24, 2.45) is 5.73 Å². The summed E-state index contributed by atoms with van der Waals surface area (Å²) in [6, 6.07) is 7.28. The van der Waals surface area contributed by atoms with Gasteiger partial charge < -0.3 is 15.8 Å². The first-order valence-corrected chi connectivity index (χ1v) is 9.76. The van der Waals surface area contributed by atoms with Crippen LogP contribution >= 0.6 is 11.3 Å². The quantitative estimate of drug-likeness (QED) is 0.586. The Balaban J connectivity index is 1.61. The molecule has 4 amide bonds. The lowest BCUT2D eigenvalue weighted by molar-refractivity contribution is -0.130. The number of rotatable bonds is 6. The maximum absolute atomic E-state index is 12.3. The number of hydrogen-bond donors (Lipinski definition) is 3. The number of nitrogens with two attached hydrogens (primary N) is 1. The fourth-order valence-corrected chi connectivity index (χ4v) is 3.42. The molecule has 3 rings (SSSR count). The Morgan fingerprint density at radius 2 is 1.87 bits per heavy atom. The topological polar surface area (TPSA) is 148 Å². The molecular weight excluding hydrogens is 412 g/mol. The summed E-state index contributed by atoms with van der Waals surface area (Å²) in [7, 11) is 0. The van der Waals surface area contributed by atoms with Crippen LogP contribution in [0.3, 0.4) is 0 Å². The van der Waals surface area contributed by atoms with Gasteiger partial charge in [-0.05, 0) is 42.6 Å². The summed E-state index contributed by atoms with van der Waals surface area (Å²) in [6.07, 6.45) is -0.904. The molecule has 2 heterocycles. The minimum Gasteiger partial charge on any atom is -0.449 e. The van der Waals surface area contributed by atoms with Crippen molar-refractivity contribution in [2.45, 2.75) is 25.9 Å². The highest BCUT2D eigenvalue weighted by Gasteiger charge is 2.25. The second kappa shape index (κ2) is 8.74. The average molecular weight is 430 g/mol. The second-order valence-corrected chi connectivity index (χ2v) is 7.29. The van der Waals surface area contributed by atoms with E-state index in [9.17, 15) is 24.0 Å². The van der Waals surface area contributed by atoms with Crippen molar-refractivity contribution in [2.75, 3.05) is 10.3 Å². The van der Waals surface area contributed by atoms with Gasteiger partial charge in [0.15, 0.2) is 6.10 Å². The van der Waals surface area contributed by atoms with Gasteiger partial charge in [0.1, 0.15) is 5.00 Å². The Bertz CT molecular complexity index is 1020. The number of hydrazine groups is 1. The van der Waals surface area contributed by atoms with Crippen LogP contribution in [0, 0.1) is 0 Å². The lowest BCUT2D eigenvalue weighted by Crippen LogP contribution is -2.50. The Labute approximate surface area is 174 Å². The van der Waals surface area contributed by atoms with Gasteiger partial charge >= 0.3 is 5.97 Å². The molecule has 156 valence electrons. The molecule has 2 aromatic rings. The molecular formula is C19H18N4O6S. The maximum atomic E-state index is 12.3. The van der Waals surface area contributed by atoms with Crippen molar-refractivity contribution in [1.29, 1.82) is 0 Å². The zero-order valence-corrected chi connectivity index (χ0v) is 16.7. The maximum Gasteiger partial charge on any atom is 0.338 e. The fourth-order valence-electron chi connectivity index (χ4n) is 2.63. The van der Waals surface area contributed by atoms with Crippen LogP contribution in [-0.2, 0) is 19.1 Å². The molecule has 4 N–H and O–H groups in total. The molecule has 0 bridgehead atoms. The number of anilines is 2. The first kappa shape index (κ1) is 21.0. The number of carbonyl (C=O) groups is 5. The van der Waals surface area contributed by atoms with Gasteiger partial charge in [-0.25, -0.2) is 9.80 Å². The summed E-state index contributed by atoms with van der Waals surface area (Å²) >= 11 is 1.12. The molecule has 1 aliphatic rings. The number of nitrogens with one attached hydrogen (secondary N) is 2. The van der Waals surface area contributed by atoms with E-state index in [1.807, 2.05) is 0 Å². The van der Waals surface area contributed by atoms with E-state index in [0.29, 0.717) is 5.69 Å². The molecule has 10 nitrogen and oxygen atoms in total. The lowest BCUT2D eigenvalue weighted by Gasteiger charge is -2.27. The summed E-state index contributed by atoms with van der Waals surface area (Å²) in [6.45, 7) is 1.39. The van der Waals surface area contributed by atoms with E-state index < -0.39 is 23.9 Å². The minimum atomic E-state index is -1.14.